The molecule has 0 fully saturated rings. The van der Waals surface area contributed by atoms with Crippen LogP contribution in [0.5, 0.6) is 0 Å². The molecule has 4 nitrogen and oxygen atoms in total. The van der Waals surface area contributed by atoms with Crippen LogP contribution in [0, 0.1) is 6.92 Å². The fourth-order valence-electron chi connectivity index (χ4n) is 1.91. The van der Waals surface area contributed by atoms with E-state index < -0.39 is 5.97 Å². The maximum Gasteiger partial charge on any atom is 0.328 e. The van der Waals surface area contributed by atoms with Crippen LogP contribution in [0.25, 0.3) is 17.1 Å². The third-order valence-electron chi connectivity index (χ3n) is 2.70. The third kappa shape index (κ3) is 2.06. The Bertz CT molecular complexity index is 597. The highest BCUT2D eigenvalue weighted by Gasteiger charge is 2.08. The average molecular weight is 230 g/mol. The molecule has 0 unspecified atom stereocenters. The Morgan fingerprint density at radius 1 is 1.53 bits per heavy atom. The number of carboxylic acids is 1. The lowest BCUT2D eigenvalue weighted by atomic mass is 10.2. The molecular weight excluding hydrogens is 216 g/mol. The van der Waals surface area contributed by atoms with Crippen LogP contribution in [0.3, 0.4) is 0 Å². The molecule has 4 heteroatoms. The molecule has 2 rings (SSSR count). The standard InChI is InChI=1S/C13H14N2O2/c1-3-15-10-6-4-5-9(2)13(10)14-11(15)7-8-12(16)17/h4-8H,3H2,1-2H3,(H,16,17)/b8-7+. The average Bonchev–Trinajstić information content (AvgIpc) is 2.65. The molecule has 0 saturated carbocycles. The van der Waals surface area contributed by atoms with Crippen LogP contribution >= 0.6 is 0 Å². The number of fused-ring (bicyclic) bond motifs is 1. The molecule has 0 spiro atoms. The van der Waals surface area contributed by atoms with E-state index in [9.17, 15) is 4.79 Å². The van der Waals surface area contributed by atoms with E-state index >= 15 is 0 Å². The quantitative estimate of drug-likeness (QED) is 0.824. The van der Waals surface area contributed by atoms with Crippen molar-refractivity contribution in [3.63, 3.8) is 0 Å². The predicted octanol–water partition coefficient (Wildman–Crippen LogP) is 2.46. The van der Waals surface area contributed by atoms with Gasteiger partial charge in [0.1, 0.15) is 5.82 Å². The van der Waals surface area contributed by atoms with Gasteiger partial charge in [0.25, 0.3) is 0 Å². The van der Waals surface area contributed by atoms with Gasteiger partial charge in [-0.2, -0.15) is 0 Å². The minimum absolute atomic E-state index is 0.680. The number of carbonyl (C=O) groups is 1. The van der Waals surface area contributed by atoms with Gasteiger partial charge in [-0.15, -0.1) is 0 Å². The van der Waals surface area contributed by atoms with Gasteiger partial charge in [-0.05, 0) is 31.6 Å². The molecule has 1 N–H and O–H groups in total. The fraction of sp³-hybridized carbons (Fsp3) is 0.231. The van der Waals surface area contributed by atoms with Crippen LogP contribution in [0.15, 0.2) is 24.3 Å². The lowest BCUT2D eigenvalue weighted by molar-refractivity contribution is -0.131. The number of aryl methyl sites for hydroxylation is 2. The molecule has 1 aromatic heterocycles. The van der Waals surface area contributed by atoms with E-state index in [0.29, 0.717) is 5.82 Å². The highest BCUT2D eigenvalue weighted by Crippen LogP contribution is 2.20. The van der Waals surface area contributed by atoms with Gasteiger partial charge in [0.15, 0.2) is 0 Å². The molecule has 1 heterocycles. The molecule has 0 saturated heterocycles. The van der Waals surface area contributed by atoms with Gasteiger partial charge in [0.05, 0.1) is 11.0 Å². The maximum atomic E-state index is 10.5. The zero-order valence-corrected chi connectivity index (χ0v) is 9.84. The molecule has 0 aliphatic carbocycles. The number of benzene rings is 1. The summed E-state index contributed by atoms with van der Waals surface area (Å²) < 4.78 is 2.00. The van der Waals surface area contributed by atoms with Crippen molar-refractivity contribution in [2.75, 3.05) is 0 Å². The Kier molecular flexibility index (Phi) is 2.95. The molecule has 0 aliphatic heterocycles. The van der Waals surface area contributed by atoms with Gasteiger partial charge in [0.2, 0.25) is 0 Å². The molecule has 0 bridgehead atoms. The molecule has 88 valence electrons. The van der Waals surface area contributed by atoms with Crippen LogP contribution in [-0.2, 0) is 11.3 Å². The molecule has 0 aliphatic rings. The van der Waals surface area contributed by atoms with Crippen molar-refractivity contribution in [1.82, 2.24) is 9.55 Å². The topological polar surface area (TPSA) is 55.1 Å². The minimum atomic E-state index is -0.962. The molecule has 0 radical (unpaired) electrons. The van der Waals surface area contributed by atoms with Crippen LogP contribution in [0.4, 0.5) is 0 Å². The first-order valence-electron chi connectivity index (χ1n) is 5.50. The molecule has 17 heavy (non-hydrogen) atoms. The van der Waals surface area contributed by atoms with E-state index in [2.05, 4.69) is 4.98 Å². The van der Waals surface area contributed by atoms with Gasteiger partial charge in [-0.3, -0.25) is 0 Å². The van der Waals surface area contributed by atoms with Crippen molar-refractivity contribution in [2.24, 2.45) is 0 Å². The van der Waals surface area contributed by atoms with E-state index in [-0.39, 0.29) is 0 Å². The van der Waals surface area contributed by atoms with Crippen LogP contribution in [0.1, 0.15) is 18.3 Å². The number of rotatable bonds is 3. The highest BCUT2D eigenvalue weighted by atomic mass is 16.4. The second kappa shape index (κ2) is 4.41. The highest BCUT2D eigenvalue weighted by molar-refractivity contribution is 5.86. The van der Waals surface area contributed by atoms with Gasteiger partial charge in [-0.25, -0.2) is 9.78 Å². The third-order valence-corrected chi connectivity index (χ3v) is 2.70. The van der Waals surface area contributed by atoms with E-state index in [1.807, 2.05) is 36.6 Å². The summed E-state index contributed by atoms with van der Waals surface area (Å²) in [7, 11) is 0. The zero-order valence-electron chi connectivity index (χ0n) is 9.84. The van der Waals surface area contributed by atoms with Crippen molar-refractivity contribution in [2.45, 2.75) is 20.4 Å². The SMILES string of the molecule is CCn1c(/C=C/C(=O)O)nc2c(C)cccc21. The number of aromatic nitrogens is 2. The van der Waals surface area contributed by atoms with Crippen molar-refractivity contribution in [3.05, 3.63) is 35.7 Å². The second-order valence-electron chi connectivity index (χ2n) is 3.83. The summed E-state index contributed by atoms with van der Waals surface area (Å²) >= 11 is 0. The number of para-hydroxylation sites is 1. The molecular formula is C13H14N2O2. The van der Waals surface area contributed by atoms with Crippen LogP contribution < -0.4 is 0 Å². The molecule has 2 aromatic rings. The minimum Gasteiger partial charge on any atom is -0.478 e. The Labute approximate surface area is 99.2 Å². The number of hydrogen-bond donors (Lipinski definition) is 1. The largest absolute Gasteiger partial charge is 0.478 e. The lowest BCUT2D eigenvalue weighted by Gasteiger charge is -2.01. The molecule has 0 atom stereocenters. The molecule has 1 aromatic carbocycles. The van der Waals surface area contributed by atoms with E-state index in [0.717, 1.165) is 29.2 Å². The Morgan fingerprint density at radius 2 is 2.29 bits per heavy atom. The summed E-state index contributed by atoms with van der Waals surface area (Å²) in [6, 6.07) is 5.98. The summed E-state index contributed by atoms with van der Waals surface area (Å²) in [6.45, 7) is 4.78. The van der Waals surface area contributed by atoms with Gasteiger partial charge in [-0.1, -0.05) is 12.1 Å². The van der Waals surface area contributed by atoms with E-state index in [4.69, 9.17) is 5.11 Å². The smallest absolute Gasteiger partial charge is 0.328 e. The molecule has 0 amide bonds. The zero-order chi connectivity index (χ0) is 12.4. The number of hydrogen-bond acceptors (Lipinski definition) is 2. The van der Waals surface area contributed by atoms with Crippen LogP contribution in [-0.4, -0.2) is 20.6 Å². The Morgan fingerprint density at radius 3 is 2.94 bits per heavy atom. The second-order valence-corrected chi connectivity index (χ2v) is 3.83. The van der Waals surface area contributed by atoms with Crippen molar-refractivity contribution in [3.8, 4) is 0 Å². The fourth-order valence-corrected chi connectivity index (χ4v) is 1.91. The van der Waals surface area contributed by atoms with Gasteiger partial charge < -0.3 is 9.67 Å². The van der Waals surface area contributed by atoms with Crippen molar-refractivity contribution >= 4 is 23.1 Å². The lowest BCUT2D eigenvalue weighted by Crippen LogP contribution is -1.97. The summed E-state index contributed by atoms with van der Waals surface area (Å²) in [5, 5.41) is 8.64. The summed E-state index contributed by atoms with van der Waals surface area (Å²) in [4.78, 5) is 15.0. The van der Waals surface area contributed by atoms with Crippen molar-refractivity contribution in [1.29, 1.82) is 0 Å². The first kappa shape index (κ1) is 11.4. The van der Waals surface area contributed by atoms with E-state index in [1.165, 1.54) is 6.08 Å². The summed E-state index contributed by atoms with van der Waals surface area (Å²) in [6.07, 6.45) is 2.65. The number of carboxylic acid groups (broad SMARTS) is 1. The maximum absolute atomic E-state index is 10.5. The monoisotopic (exact) mass is 230 g/mol. The number of imidazole rings is 1. The first-order valence-corrected chi connectivity index (χ1v) is 5.50. The van der Waals surface area contributed by atoms with Crippen LogP contribution in [0.2, 0.25) is 0 Å². The van der Waals surface area contributed by atoms with Gasteiger partial charge in [0, 0.05) is 12.6 Å². The Balaban J connectivity index is 2.63. The number of nitrogens with zero attached hydrogens (tertiary/aromatic N) is 2. The summed E-state index contributed by atoms with van der Waals surface area (Å²) in [5.41, 5.74) is 3.07. The van der Waals surface area contributed by atoms with Crippen molar-refractivity contribution < 1.29 is 9.90 Å². The number of aliphatic carboxylic acids is 1. The summed E-state index contributed by atoms with van der Waals surface area (Å²) in [5.74, 6) is -0.282. The first-order chi connectivity index (χ1) is 8.13. The van der Waals surface area contributed by atoms with Gasteiger partial charge >= 0.3 is 5.97 Å². The van der Waals surface area contributed by atoms with E-state index in [1.54, 1.807) is 0 Å². The Hall–Kier alpha value is -2.10. The normalized spacial score (nSPS) is 11.4. The predicted molar refractivity (Wildman–Crippen MR) is 66.8 cm³/mol.